The van der Waals surface area contributed by atoms with Crippen molar-refractivity contribution in [3.63, 3.8) is 0 Å². The lowest BCUT2D eigenvalue weighted by atomic mass is 10.1. The van der Waals surface area contributed by atoms with Crippen LogP contribution in [0.15, 0.2) is 10.7 Å². The lowest BCUT2D eigenvalue weighted by Crippen LogP contribution is -2.53. The van der Waals surface area contributed by atoms with Gasteiger partial charge in [0.2, 0.25) is 0 Å². The summed E-state index contributed by atoms with van der Waals surface area (Å²) in [5.41, 5.74) is 0.258. The molecule has 1 aromatic rings. The molecule has 2 rings (SSSR count). The van der Waals surface area contributed by atoms with E-state index in [1.54, 1.807) is 0 Å². The van der Waals surface area contributed by atoms with E-state index in [0.717, 1.165) is 42.4 Å². The fourth-order valence-corrected chi connectivity index (χ4v) is 2.75. The molecule has 1 aliphatic heterocycles. The summed E-state index contributed by atoms with van der Waals surface area (Å²) < 4.78 is 0.864. The maximum absolute atomic E-state index is 4.51. The third-order valence-corrected chi connectivity index (χ3v) is 3.75. The molecule has 0 amide bonds. The number of hydrogen-bond donors (Lipinski definition) is 0. The van der Waals surface area contributed by atoms with E-state index in [1.165, 1.54) is 0 Å². The van der Waals surface area contributed by atoms with Crippen LogP contribution in [0.2, 0.25) is 0 Å². The highest BCUT2D eigenvalue weighted by molar-refractivity contribution is 9.10. The van der Waals surface area contributed by atoms with Gasteiger partial charge in [0, 0.05) is 37.8 Å². The Balaban J connectivity index is 2.05. The first kappa shape index (κ1) is 13.7. The van der Waals surface area contributed by atoms with Crippen LogP contribution in [0.4, 0.5) is 5.82 Å². The van der Waals surface area contributed by atoms with Gasteiger partial charge in [-0.1, -0.05) is 0 Å². The summed E-state index contributed by atoms with van der Waals surface area (Å²) in [6.07, 6.45) is 0. The molecule has 1 fully saturated rings. The SMILES string of the molecule is Cc1nc(Br)cc(N2CCN(C(C)(C)C)CC2)n1. The minimum atomic E-state index is 0.258. The second-order valence-electron chi connectivity index (χ2n) is 5.74. The molecule has 0 spiro atoms. The first-order chi connectivity index (χ1) is 8.36. The van der Waals surface area contributed by atoms with Gasteiger partial charge in [0.15, 0.2) is 0 Å². The Labute approximate surface area is 118 Å². The minimum Gasteiger partial charge on any atom is -0.354 e. The van der Waals surface area contributed by atoms with Gasteiger partial charge in [-0.25, -0.2) is 9.97 Å². The van der Waals surface area contributed by atoms with Crippen LogP contribution in [0.5, 0.6) is 0 Å². The number of nitrogens with zero attached hydrogens (tertiary/aromatic N) is 4. The lowest BCUT2D eigenvalue weighted by molar-refractivity contribution is 0.128. The summed E-state index contributed by atoms with van der Waals surface area (Å²) in [5.74, 6) is 1.85. The summed E-state index contributed by atoms with van der Waals surface area (Å²) in [5, 5.41) is 0. The lowest BCUT2D eigenvalue weighted by Gasteiger charge is -2.42. The molecule has 1 aliphatic rings. The zero-order chi connectivity index (χ0) is 13.3. The highest BCUT2D eigenvalue weighted by Crippen LogP contribution is 2.21. The molecule has 0 bridgehead atoms. The van der Waals surface area contributed by atoms with Crippen molar-refractivity contribution in [1.82, 2.24) is 14.9 Å². The average Bonchev–Trinajstić information content (AvgIpc) is 2.27. The number of piperazine rings is 1. The van der Waals surface area contributed by atoms with Crippen molar-refractivity contribution in [2.75, 3.05) is 31.1 Å². The molecular formula is C13H21BrN4. The van der Waals surface area contributed by atoms with Gasteiger partial charge < -0.3 is 4.90 Å². The third-order valence-electron chi connectivity index (χ3n) is 3.35. The zero-order valence-corrected chi connectivity index (χ0v) is 13.2. The predicted molar refractivity (Wildman–Crippen MR) is 78.0 cm³/mol. The van der Waals surface area contributed by atoms with Gasteiger partial charge in [0.25, 0.3) is 0 Å². The number of halogens is 1. The normalized spacial score (nSPS) is 18.2. The Morgan fingerprint density at radius 1 is 1.11 bits per heavy atom. The molecule has 2 heterocycles. The van der Waals surface area contributed by atoms with Gasteiger partial charge in [-0.15, -0.1) is 0 Å². The summed E-state index contributed by atoms with van der Waals surface area (Å²) in [4.78, 5) is 13.6. The number of hydrogen-bond acceptors (Lipinski definition) is 4. The Hall–Kier alpha value is -0.680. The van der Waals surface area contributed by atoms with Gasteiger partial charge >= 0.3 is 0 Å². The van der Waals surface area contributed by atoms with Crippen LogP contribution >= 0.6 is 15.9 Å². The maximum atomic E-state index is 4.51. The smallest absolute Gasteiger partial charge is 0.133 e. The van der Waals surface area contributed by atoms with E-state index in [2.05, 4.69) is 56.5 Å². The topological polar surface area (TPSA) is 32.3 Å². The van der Waals surface area contributed by atoms with Gasteiger partial charge in [0.05, 0.1) is 0 Å². The van der Waals surface area contributed by atoms with Crippen LogP contribution < -0.4 is 4.90 Å². The number of rotatable bonds is 1. The second-order valence-corrected chi connectivity index (χ2v) is 6.55. The monoisotopic (exact) mass is 312 g/mol. The average molecular weight is 313 g/mol. The molecule has 1 aromatic heterocycles. The fourth-order valence-electron chi connectivity index (χ4n) is 2.28. The summed E-state index contributed by atoms with van der Waals surface area (Å²) in [7, 11) is 0. The molecule has 5 heteroatoms. The first-order valence-corrected chi connectivity index (χ1v) is 7.17. The molecule has 0 saturated carbocycles. The molecule has 0 unspecified atom stereocenters. The summed E-state index contributed by atoms with van der Waals surface area (Å²) in [6.45, 7) is 13.0. The van der Waals surface area contributed by atoms with Crippen molar-refractivity contribution in [2.24, 2.45) is 0 Å². The van der Waals surface area contributed by atoms with Gasteiger partial charge in [0.1, 0.15) is 16.2 Å². The van der Waals surface area contributed by atoms with E-state index < -0.39 is 0 Å². The Morgan fingerprint density at radius 2 is 1.72 bits per heavy atom. The summed E-state index contributed by atoms with van der Waals surface area (Å²) >= 11 is 3.44. The van der Waals surface area contributed by atoms with Crippen LogP contribution in [0.25, 0.3) is 0 Å². The fraction of sp³-hybridized carbons (Fsp3) is 0.692. The van der Waals surface area contributed by atoms with Gasteiger partial charge in [-0.05, 0) is 43.6 Å². The first-order valence-electron chi connectivity index (χ1n) is 6.37. The molecule has 1 saturated heterocycles. The van der Waals surface area contributed by atoms with E-state index in [1.807, 2.05) is 13.0 Å². The highest BCUT2D eigenvalue weighted by atomic mass is 79.9. The van der Waals surface area contributed by atoms with E-state index in [9.17, 15) is 0 Å². The van der Waals surface area contributed by atoms with Crippen LogP contribution in [0, 0.1) is 6.92 Å². The molecule has 0 aromatic carbocycles. The predicted octanol–water partition coefficient (Wildman–Crippen LogP) is 2.47. The van der Waals surface area contributed by atoms with Crippen LogP contribution in [0.1, 0.15) is 26.6 Å². The van der Waals surface area contributed by atoms with Crippen molar-refractivity contribution in [3.05, 3.63) is 16.5 Å². The highest BCUT2D eigenvalue weighted by Gasteiger charge is 2.26. The quantitative estimate of drug-likeness (QED) is 0.746. The Morgan fingerprint density at radius 3 is 2.22 bits per heavy atom. The van der Waals surface area contributed by atoms with Crippen molar-refractivity contribution in [1.29, 1.82) is 0 Å². The summed E-state index contributed by atoms with van der Waals surface area (Å²) in [6, 6.07) is 2.00. The van der Waals surface area contributed by atoms with Crippen molar-refractivity contribution < 1.29 is 0 Å². The minimum absolute atomic E-state index is 0.258. The van der Waals surface area contributed by atoms with Crippen LogP contribution in [-0.4, -0.2) is 46.6 Å². The molecule has 18 heavy (non-hydrogen) atoms. The second kappa shape index (κ2) is 5.13. The number of anilines is 1. The van der Waals surface area contributed by atoms with Crippen LogP contribution in [-0.2, 0) is 0 Å². The molecule has 0 radical (unpaired) electrons. The molecule has 100 valence electrons. The Bertz CT molecular complexity index is 399. The van der Waals surface area contributed by atoms with Crippen molar-refractivity contribution >= 4 is 21.7 Å². The van der Waals surface area contributed by atoms with E-state index in [0.29, 0.717) is 0 Å². The molecular weight excluding hydrogens is 292 g/mol. The maximum Gasteiger partial charge on any atom is 0.133 e. The Kier molecular flexibility index (Phi) is 3.92. The number of aromatic nitrogens is 2. The molecule has 0 N–H and O–H groups in total. The standard InChI is InChI=1S/C13H21BrN4/c1-10-15-11(14)9-12(16-10)17-5-7-18(8-6-17)13(2,3)4/h9H,5-8H2,1-4H3. The van der Waals surface area contributed by atoms with E-state index >= 15 is 0 Å². The van der Waals surface area contributed by atoms with Crippen LogP contribution in [0.3, 0.4) is 0 Å². The van der Waals surface area contributed by atoms with E-state index in [4.69, 9.17) is 0 Å². The van der Waals surface area contributed by atoms with E-state index in [-0.39, 0.29) is 5.54 Å². The molecule has 0 atom stereocenters. The van der Waals surface area contributed by atoms with Gasteiger partial charge in [-0.3, -0.25) is 4.90 Å². The zero-order valence-electron chi connectivity index (χ0n) is 11.6. The third kappa shape index (κ3) is 3.20. The van der Waals surface area contributed by atoms with Crippen molar-refractivity contribution in [2.45, 2.75) is 33.2 Å². The van der Waals surface area contributed by atoms with Crippen molar-refractivity contribution in [3.8, 4) is 0 Å². The van der Waals surface area contributed by atoms with Gasteiger partial charge in [-0.2, -0.15) is 0 Å². The number of aryl methyl sites for hydroxylation is 1. The molecule has 0 aliphatic carbocycles. The largest absolute Gasteiger partial charge is 0.354 e. The molecule has 4 nitrogen and oxygen atoms in total.